The van der Waals surface area contributed by atoms with Gasteiger partial charge in [-0.1, -0.05) is 129 Å². The molecule has 2 unspecified atom stereocenters. The molecule has 0 saturated heterocycles. The Morgan fingerprint density at radius 1 is 0.515 bits per heavy atom. The summed E-state index contributed by atoms with van der Waals surface area (Å²) >= 11 is 0. The van der Waals surface area contributed by atoms with Crippen LogP contribution in [0.25, 0.3) is 0 Å². The zero-order valence-corrected chi connectivity index (χ0v) is 44.5. The predicted molar refractivity (Wildman–Crippen MR) is 268 cm³/mol. The third kappa shape index (κ3) is 27.5. The van der Waals surface area contributed by atoms with Crippen LogP contribution in [0.4, 0.5) is 0 Å². The number of likely N-dealkylation sites (N-methyl/N-ethyl adjacent to an activating group) is 1. The summed E-state index contributed by atoms with van der Waals surface area (Å²) in [5, 5.41) is 0. The fourth-order valence-electron chi connectivity index (χ4n) is 8.31. The highest BCUT2D eigenvalue weighted by Crippen LogP contribution is 2.43. The number of unbranched alkanes of at least 4 members (excludes halogenated alkanes) is 20. The Balaban J connectivity index is 1.61. The number of carbonyl (C=O) groups excluding carboxylic acids is 2. The van der Waals surface area contributed by atoms with Gasteiger partial charge < -0.3 is 27.7 Å². The van der Waals surface area contributed by atoms with Crippen LogP contribution in [-0.2, 0) is 58.4 Å². The average molecular weight is 951 g/mol. The number of aryl methyl sites for hydroxylation is 4. The highest BCUT2D eigenvalue weighted by Gasteiger charge is 2.27. The number of quaternary nitrogens is 1. The van der Waals surface area contributed by atoms with Crippen LogP contribution in [0.3, 0.4) is 0 Å². The fraction of sp³-hybridized carbons (Fsp3) is 0.815. The number of phosphoric ester groups is 1. The second kappa shape index (κ2) is 34.8. The number of ether oxygens (including phenoxy) is 2. The Kier molecular flexibility index (Phi) is 31.5. The summed E-state index contributed by atoms with van der Waals surface area (Å²) in [6.07, 6.45) is 30.6. The molecule has 0 aliphatic rings. The Labute approximate surface area is 402 Å². The number of phosphoric acid groups is 1. The predicted octanol–water partition coefficient (Wildman–Crippen LogP) is 14.5. The van der Waals surface area contributed by atoms with Gasteiger partial charge in [-0.05, 0) is 88.5 Å². The van der Waals surface area contributed by atoms with E-state index in [9.17, 15) is 19.0 Å². The van der Waals surface area contributed by atoms with Crippen LogP contribution in [0.5, 0.6) is 0 Å². The van der Waals surface area contributed by atoms with Crippen LogP contribution in [0.1, 0.15) is 226 Å². The number of hydrogen-bond donors (Lipinski definition) is 1. The van der Waals surface area contributed by atoms with Crippen LogP contribution in [-0.4, -0.2) is 74.9 Å². The normalized spacial score (nSPS) is 13.3. The lowest BCUT2D eigenvalue weighted by Crippen LogP contribution is -2.37. The van der Waals surface area contributed by atoms with Gasteiger partial charge in [-0.2, -0.15) is 0 Å². The molecule has 1 N–H and O–H groups in total. The number of carbonyl (C=O) groups is 2. The van der Waals surface area contributed by atoms with E-state index in [-0.39, 0.29) is 32.0 Å². The molecule has 0 radical (unpaired) electrons. The molecule has 0 aromatic carbocycles. The quantitative estimate of drug-likeness (QED) is 0.0297. The molecule has 11 nitrogen and oxygen atoms in total. The molecule has 2 atom stereocenters. The highest BCUT2D eigenvalue weighted by atomic mass is 31.2. The SMILES string of the molecule is CCCCCc1oc(CCCCCCCCCCCCC(=O)OCC(COP(=O)(O)OCC[N+](C)(C)C)OC(=O)CCCCCCCCCCc2oc(CCCCC)c(C)c2C)c(C)c1C. The molecule has 382 valence electrons. The summed E-state index contributed by atoms with van der Waals surface area (Å²) < 4.78 is 47.1. The summed E-state index contributed by atoms with van der Waals surface area (Å²) in [6, 6.07) is 0. The molecule has 0 spiro atoms. The van der Waals surface area contributed by atoms with Gasteiger partial charge >= 0.3 is 19.8 Å². The molecule has 2 rings (SSSR count). The molecule has 0 fully saturated rings. The van der Waals surface area contributed by atoms with Gasteiger partial charge in [-0.25, -0.2) is 4.57 Å². The molecule has 66 heavy (non-hydrogen) atoms. The maximum atomic E-state index is 12.8. The first-order valence-electron chi connectivity index (χ1n) is 26.5. The third-order valence-electron chi connectivity index (χ3n) is 13.0. The van der Waals surface area contributed by atoms with E-state index in [1.54, 1.807) is 0 Å². The molecule has 2 aromatic heterocycles. The number of hydrogen-bond acceptors (Lipinski definition) is 9. The van der Waals surface area contributed by atoms with Crippen molar-refractivity contribution in [2.24, 2.45) is 0 Å². The van der Waals surface area contributed by atoms with Gasteiger partial charge in [0.15, 0.2) is 6.10 Å². The number of esters is 2. The van der Waals surface area contributed by atoms with Crippen molar-refractivity contribution in [3.63, 3.8) is 0 Å². The smallest absolute Gasteiger partial charge is 0.466 e. The first kappa shape index (κ1) is 59.7. The molecule has 12 heteroatoms. The van der Waals surface area contributed by atoms with E-state index in [4.69, 9.17) is 27.4 Å². The van der Waals surface area contributed by atoms with E-state index in [0.29, 0.717) is 17.4 Å². The Morgan fingerprint density at radius 3 is 1.24 bits per heavy atom. The largest absolute Gasteiger partial charge is 0.472 e. The standard InChI is InChI=1S/C54H96NO10P/c1-10-12-28-34-49-44(3)46(5)51(64-49)36-30-24-20-16-14-15-17-22-26-32-38-53(56)60-42-48(43-62-66(58,59)61-41-40-55(7,8)9)63-54(57)39-33-27-23-19-18-21-25-31-37-52-47(6)45(4)50(65-52)35-29-13-11-2/h48H,10-43H2,1-9H3/p+1. The zero-order valence-electron chi connectivity index (χ0n) is 43.6. The lowest BCUT2D eigenvalue weighted by Gasteiger charge is -2.24. The monoisotopic (exact) mass is 951 g/mol. The van der Waals surface area contributed by atoms with E-state index in [1.807, 2.05) is 21.1 Å². The molecule has 2 aromatic rings. The van der Waals surface area contributed by atoms with Gasteiger partial charge in [0.2, 0.25) is 0 Å². The second-order valence-electron chi connectivity index (χ2n) is 20.1. The third-order valence-corrected chi connectivity index (χ3v) is 14.0. The minimum absolute atomic E-state index is 0.0216. The first-order chi connectivity index (χ1) is 31.6. The maximum absolute atomic E-state index is 12.8. The van der Waals surface area contributed by atoms with E-state index in [2.05, 4.69) is 41.5 Å². The van der Waals surface area contributed by atoms with Gasteiger partial charge in [-0.15, -0.1) is 0 Å². The molecule has 0 saturated carbocycles. The number of nitrogens with zero attached hydrogens (tertiary/aromatic N) is 1. The molecule has 0 aliphatic carbocycles. The van der Waals surface area contributed by atoms with Crippen LogP contribution >= 0.6 is 7.82 Å². The minimum atomic E-state index is -4.40. The maximum Gasteiger partial charge on any atom is 0.472 e. The van der Waals surface area contributed by atoms with Gasteiger partial charge in [0.25, 0.3) is 0 Å². The molecular formula is C54H97NO10P+. The summed E-state index contributed by atoms with van der Waals surface area (Å²) in [4.78, 5) is 35.8. The fourth-order valence-corrected chi connectivity index (χ4v) is 9.06. The highest BCUT2D eigenvalue weighted by molar-refractivity contribution is 7.47. The lowest BCUT2D eigenvalue weighted by molar-refractivity contribution is -0.870. The number of rotatable bonds is 42. The van der Waals surface area contributed by atoms with E-state index in [1.165, 1.54) is 136 Å². The molecule has 2 heterocycles. The van der Waals surface area contributed by atoms with Crippen molar-refractivity contribution in [1.82, 2.24) is 0 Å². The average Bonchev–Trinajstić information content (AvgIpc) is 3.69. The lowest BCUT2D eigenvalue weighted by atomic mass is 10.0. The zero-order chi connectivity index (χ0) is 48.6. The Morgan fingerprint density at radius 2 is 0.864 bits per heavy atom. The van der Waals surface area contributed by atoms with Crippen LogP contribution < -0.4 is 0 Å². The first-order valence-corrected chi connectivity index (χ1v) is 28.0. The van der Waals surface area contributed by atoms with Crippen molar-refractivity contribution in [1.29, 1.82) is 0 Å². The van der Waals surface area contributed by atoms with Gasteiger partial charge in [0.1, 0.15) is 42.8 Å². The summed E-state index contributed by atoms with van der Waals surface area (Å²) in [7, 11) is 1.45. The van der Waals surface area contributed by atoms with Gasteiger partial charge in [0, 0.05) is 38.5 Å². The molecule has 0 amide bonds. The molecule has 0 bridgehead atoms. The summed E-state index contributed by atoms with van der Waals surface area (Å²) in [6.45, 7) is 13.1. The minimum Gasteiger partial charge on any atom is -0.466 e. The van der Waals surface area contributed by atoms with E-state index in [0.717, 1.165) is 82.8 Å². The van der Waals surface area contributed by atoms with Crippen LogP contribution in [0.2, 0.25) is 0 Å². The summed E-state index contributed by atoms with van der Waals surface area (Å²) in [5.41, 5.74) is 5.35. The summed E-state index contributed by atoms with van der Waals surface area (Å²) in [5.74, 6) is 3.89. The Hall–Kier alpha value is -2.43. The van der Waals surface area contributed by atoms with Gasteiger partial charge in [-0.3, -0.25) is 18.6 Å². The van der Waals surface area contributed by atoms with Crippen LogP contribution in [0.15, 0.2) is 8.83 Å². The van der Waals surface area contributed by atoms with Crippen molar-refractivity contribution in [2.45, 2.75) is 240 Å². The second-order valence-corrected chi connectivity index (χ2v) is 21.5. The van der Waals surface area contributed by atoms with Crippen molar-refractivity contribution in [3.8, 4) is 0 Å². The molecular weight excluding hydrogens is 854 g/mol. The van der Waals surface area contributed by atoms with Crippen molar-refractivity contribution in [3.05, 3.63) is 45.3 Å². The Bertz CT molecular complexity index is 1640. The molecule has 0 aliphatic heterocycles. The van der Waals surface area contributed by atoms with Gasteiger partial charge in [0.05, 0.1) is 27.7 Å². The number of furan rings is 2. The van der Waals surface area contributed by atoms with E-state index >= 15 is 0 Å². The van der Waals surface area contributed by atoms with Crippen molar-refractivity contribution < 1.29 is 50.9 Å². The van der Waals surface area contributed by atoms with E-state index < -0.39 is 26.5 Å². The van der Waals surface area contributed by atoms with Crippen molar-refractivity contribution in [2.75, 3.05) is 47.5 Å². The van der Waals surface area contributed by atoms with Crippen molar-refractivity contribution >= 4 is 19.8 Å². The topological polar surface area (TPSA) is 135 Å². The van der Waals surface area contributed by atoms with Crippen LogP contribution in [0, 0.1) is 27.7 Å².